The Labute approximate surface area is 233 Å². The van der Waals surface area contributed by atoms with Gasteiger partial charge in [-0.15, -0.1) is 11.8 Å². The lowest BCUT2D eigenvalue weighted by atomic mass is 9.93. The number of thioether (sulfide) groups is 1. The molecule has 9 heteroatoms. The molecule has 0 heterocycles. The first-order chi connectivity index (χ1) is 18.9. The second-order valence-corrected chi connectivity index (χ2v) is 9.74. The first-order valence-corrected chi connectivity index (χ1v) is 13.9. The number of nitrogen functional groups attached to an aromatic ring is 1. The maximum atomic E-state index is 12.9. The molecule has 39 heavy (non-hydrogen) atoms. The molecule has 3 aromatic carbocycles. The van der Waals surface area contributed by atoms with Crippen molar-refractivity contribution in [3.8, 4) is 5.75 Å². The highest BCUT2D eigenvalue weighted by Crippen LogP contribution is 2.32. The quantitative estimate of drug-likeness (QED) is 0.113. The predicted molar refractivity (Wildman–Crippen MR) is 157 cm³/mol. The Morgan fingerprint density at radius 2 is 1.82 bits per heavy atom. The number of nitrogens with two attached hydrogens (primary N) is 1. The Hall–Kier alpha value is -3.95. The van der Waals surface area contributed by atoms with Gasteiger partial charge in [0.05, 0.1) is 18.0 Å². The summed E-state index contributed by atoms with van der Waals surface area (Å²) in [6.07, 6.45) is 5.36. The molecule has 0 aliphatic heterocycles. The average Bonchev–Trinajstić information content (AvgIpc) is 2.94. The molecule has 0 unspecified atom stereocenters. The van der Waals surface area contributed by atoms with E-state index in [4.69, 9.17) is 20.3 Å². The van der Waals surface area contributed by atoms with Gasteiger partial charge >= 0.3 is 6.09 Å². The molecule has 3 aromatic rings. The zero-order chi connectivity index (χ0) is 28.0. The molecule has 2 amide bonds. The number of nitrogens with one attached hydrogen (secondary N) is 2. The maximum Gasteiger partial charge on any atom is 0.412 e. The first kappa shape index (κ1) is 29.6. The van der Waals surface area contributed by atoms with Crippen molar-refractivity contribution < 1.29 is 24.2 Å². The topological polar surface area (TPSA) is 123 Å². The summed E-state index contributed by atoms with van der Waals surface area (Å²) in [5.41, 5.74) is 8.35. The molecule has 0 fully saturated rings. The van der Waals surface area contributed by atoms with Gasteiger partial charge in [0, 0.05) is 10.6 Å². The number of para-hydroxylation sites is 2. The number of hydrogen-bond acceptors (Lipinski definition) is 7. The molecule has 0 bridgehead atoms. The normalized spacial score (nSPS) is 12.5. The Balaban J connectivity index is 1.66. The summed E-state index contributed by atoms with van der Waals surface area (Å²) >= 11 is 1.62. The van der Waals surface area contributed by atoms with Crippen LogP contribution in [0.1, 0.15) is 31.4 Å². The van der Waals surface area contributed by atoms with E-state index in [1.54, 1.807) is 48.2 Å². The van der Waals surface area contributed by atoms with E-state index in [0.717, 1.165) is 10.5 Å². The van der Waals surface area contributed by atoms with E-state index in [-0.39, 0.29) is 25.0 Å². The summed E-state index contributed by atoms with van der Waals surface area (Å²) in [4.78, 5) is 26.2. The SMILES string of the molecule is CSc1ccc(NC(=O)O[C@H](c2cccc(OCCO)c2)[C@H](C)CC/C=C/C(=O)Nc2ccccc2N)cc1. The fraction of sp³-hybridized carbons (Fsp3) is 0.267. The summed E-state index contributed by atoms with van der Waals surface area (Å²) in [5.74, 6) is 0.223. The summed E-state index contributed by atoms with van der Waals surface area (Å²) in [6.45, 7) is 2.05. The number of aliphatic hydroxyl groups excluding tert-OH is 1. The summed E-state index contributed by atoms with van der Waals surface area (Å²) in [5, 5.41) is 14.7. The van der Waals surface area contributed by atoms with Gasteiger partial charge in [-0.1, -0.05) is 37.3 Å². The molecular weight excluding hydrogens is 514 g/mol. The van der Waals surface area contributed by atoms with Crippen molar-refractivity contribution in [2.24, 2.45) is 5.92 Å². The van der Waals surface area contributed by atoms with Crippen molar-refractivity contribution in [3.05, 3.63) is 90.5 Å². The minimum Gasteiger partial charge on any atom is -0.491 e. The van der Waals surface area contributed by atoms with Crippen LogP contribution in [0.3, 0.4) is 0 Å². The lowest BCUT2D eigenvalue weighted by Crippen LogP contribution is -2.22. The maximum absolute atomic E-state index is 12.9. The number of carbonyl (C=O) groups excluding carboxylic acids is 2. The zero-order valence-corrected chi connectivity index (χ0v) is 22.9. The molecule has 0 aliphatic rings. The van der Waals surface area contributed by atoms with Crippen LogP contribution in [0.15, 0.2) is 89.8 Å². The molecule has 0 saturated heterocycles. The van der Waals surface area contributed by atoms with Crippen LogP contribution in [0.2, 0.25) is 0 Å². The van der Waals surface area contributed by atoms with Crippen molar-refractivity contribution in [2.45, 2.75) is 30.8 Å². The molecule has 5 N–H and O–H groups in total. The van der Waals surface area contributed by atoms with E-state index in [1.807, 2.05) is 55.6 Å². The summed E-state index contributed by atoms with van der Waals surface area (Å²) < 4.78 is 11.5. The van der Waals surface area contributed by atoms with Gasteiger partial charge in [0.2, 0.25) is 5.91 Å². The highest BCUT2D eigenvalue weighted by molar-refractivity contribution is 7.98. The van der Waals surface area contributed by atoms with Crippen LogP contribution in [0.4, 0.5) is 21.9 Å². The van der Waals surface area contributed by atoms with Crippen LogP contribution in [0.5, 0.6) is 5.75 Å². The average molecular weight is 550 g/mol. The van der Waals surface area contributed by atoms with Gasteiger partial charge in [0.1, 0.15) is 18.5 Å². The highest BCUT2D eigenvalue weighted by Gasteiger charge is 2.24. The Morgan fingerprint density at radius 3 is 2.54 bits per heavy atom. The van der Waals surface area contributed by atoms with E-state index in [9.17, 15) is 9.59 Å². The van der Waals surface area contributed by atoms with Crippen LogP contribution in [0, 0.1) is 5.92 Å². The van der Waals surface area contributed by atoms with Crippen molar-refractivity contribution in [1.82, 2.24) is 0 Å². The third-order valence-corrected chi connectivity index (χ3v) is 6.65. The second kappa shape index (κ2) is 15.5. The second-order valence-electron chi connectivity index (χ2n) is 8.86. The Kier molecular flexibility index (Phi) is 11.7. The number of carbonyl (C=O) groups is 2. The summed E-state index contributed by atoms with van der Waals surface area (Å²) in [6, 6.07) is 21.9. The number of rotatable bonds is 13. The lowest BCUT2D eigenvalue weighted by molar-refractivity contribution is -0.111. The number of amides is 2. The fourth-order valence-electron chi connectivity index (χ4n) is 3.88. The molecule has 0 aromatic heterocycles. The smallest absolute Gasteiger partial charge is 0.412 e. The number of benzene rings is 3. The van der Waals surface area contributed by atoms with Crippen molar-refractivity contribution in [3.63, 3.8) is 0 Å². The predicted octanol–water partition coefficient (Wildman–Crippen LogP) is 6.26. The molecule has 206 valence electrons. The highest BCUT2D eigenvalue weighted by atomic mass is 32.2. The largest absolute Gasteiger partial charge is 0.491 e. The van der Waals surface area contributed by atoms with Crippen LogP contribution in [-0.2, 0) is 9.53 Å². The fourth-order valence-corrected chi connectivity index (χ4v) is 4.29. The first-order valence-electron chi connectivity index (χ1n) is 12.7. The lowest BCUT2D eigenvalue weighted by Gasteiger charge is -2.25. The number of aliphatic hydroxyl groups is 1. The van der Waals surface area contributed by atoms with E-state index in [0.29, 0.717) is 35.7 Å². The van der Waals surface area contributed by atoms with Crippen LogP contribution < -0.4 is 21.1 Å². The van der Waals surface area contributed by atoms with Crippen molar-refractivity contribution in [1.29, 1.82) is 0 Å². The van der Waals surface area contributed by atoms with E-state index in [1.165, 1.54) is 6.08 Å². The molecular formula is C30H35N3O5S. The Morgan fingerprint density at radius 1 is 1.05 bits per heavy atom. The van der Waals surface area contributed by atoms with Crippen LogP contribution >= 0.6 is 11.8 Å². The van der Waals surface area contributed by atoms with Gasteiger partial charge in [0.15, 0.2) is 0 Å². The molecule has 2 atom stereocenters. The zero-order valence-electron chi connectivity index (χ0n) is 22.1. The minimum atomic E-state index is -0.570. The van der Waals surface area contributed by atoms with E-state index < -0.39 is 12.2 Å². The molecule has 0 radical (unpaired) electrons. The van der Waals surface area contributed by atoms with Gasteiger partial charge in [-0.25, -0.2) is 4.79 Å². The number of anilines is 3. The van der Waals surface area contributed by atoms with Crippen LogP contribution in [0.25, 0.3) is 0 Å². The van der Waals surface area contributed by atoms with Crippen molar-refractivity contribution in [2.75, 3.05) is 35.8 Å². The number of allylic oxidation sites excluding steroid dienone is 1. The monoisotopic (exact) mass is 549 g/mol. The van der Waals surface area contributed by atoms with Gasteiger partial charge in [-0.05, 0) is 85.2 Å². The molecule has 8 nitrogen and oxygen atoms in total. The number of hydrogen-bond donors (Lipinski definition) is 4. The van der Waals surface area contributed by atoms with Crippen LogP contribution in [-0.4, -0.2) is 36.6 Å². The third-order valence-electron chi connectivity index (χ3n) is 5.91. The molecule has 3 rings (SSSR count). The number of ether oxygens (including phenoxy) is 2. The van der Waals surface area contributed by atoms with Crippen molar-refractivity contribution >= 4 is 40.8 Å². The van der Waals surface area contributed by atoms with Gasteiger partial charge in [-0.3, -0.25) is 10.1 Å². The third kappa shape index (κ3) is 9.70. The standard InChI is InChI=1S/C30H35N3O5S/c1-21(8-3-6-13-28(35)33-27-12-5-4-11-26(27)31)29(22-9-7-10-24(20-22)37-19-18-34)38-30(36)32-23-14-16-25(39-2)17-15-23/h4-7,9-17,20-21,29,34H,3,8,18-19,31H2,1-2H3,(H,32,36)(H,33,35)/b13-6+/t21-,29+/m1/s1. The Bertz CT molecular complexity index is 1250. The minimum absolute atomic E-state index is 0.0832. The van der Waals surface area contributed by atoms with Gasteiger partial charge in [0.25, 0.3) is 0 Å². The van der Waals surface area contributed by atoms with E-state index >= 15 is 0 Å². The molecule has 0 aliphatic carbocycles. The molecule has 0 saturated carbocycles. The van der Waals surface area contributed by atoms with Gasteiger partial charge in [-0.2, -0.15) is 0 Å². The van der Waals surface area contributed by atoms with E-state index in [2.05, 4.69) is 10.6 Å². The van der Waals surface area contributed by atoms with Gasteiger partial charge < -0.3 is 25.6 Å². The summed E-state index contributed by atoms with van der Waals surface area (Å²) in [7, 11) is 0. The molecule has 0 spiro atoms.